The lowest BCUT2D eigenvalue weighted by atomic mass is 9.87. The number of quaternary nitrogens is 1. The molecule has 1 aliphatic carbocycles. The molecule has 0 saturated heterocycles. The predicted molar refractivity (Wildman–Crippen MR) is 100 cm³/mol. The van der Waals surface area contributed by atoms with E-state index in [4.69, 9.17) is 0 Å². The van der Waals surface area contributed by atoms with Crippen molar-refractivity contribution in [2.45, 2.75) is 30.2 Å². The van der Waals surface area contributed by atoms with E-state index in [-0.39, 0.29) is 5.75 Å². The second kappa shape index (κ2) is 7.38. The molecule has 0 bridgehead atoms. The van der Waals surface area contributed by atoms with Crippen LogP contribution in [0, 0.1) is 0 Å². The highest BCUT2D eigenvalue weighted by Crippen LogP contribution is 2.27. The zero-order valence-electron chi connectivity index (χ0n) is 13.8. The third-order valence-electron chi connectivity index (χ3n) is 4.90. The van der Waals surface area contributed by atoms with Gasteiger partial charge in [0.05, 0.1) is 18.5 Å². The summed E-state index contributed by atoms with van der Waals surface area (Å²) in [6, 6.07) is 15.9. The highest BCUT2D eigenvalue weighted by molar-refractivity contribution is 9.10. The van der Waals surface area contributed by atoms with Gasteiger partial charge in [0.25, 0.3) is 0 Å². The fourth-order valence-corrected chi connectivity index (χ4v) is 5.14. The van der Waals surface area contributed by atoms with Gasteiger partial charge in [-0.3, -0.25) is 0 Å². The molecule has 0 aromatic heterocycles. The number of aryl methyl sites for hydroxylation is 1. The van der Waals surface area contributed by atoms with Crippen LogP contribution in [0.15, 0.2) is 57.9 Å². The smallest absolute Gasteiger partial charge is 0.183 e. The third-order valence-corrected chi connectivity index (χ3v) is 7.16. The summed E-state index contributed by atoms with van der Waals surface area (Å²) in [5, 5.41) is 0. The lowest BCUT2D eigenvalue weighted by molar-refractivity contribution is -0.910. The van der Waals surface area contributed by atoms with Gasteiger partial charge < -0.3 is 4.90 Å². The van der Waals surface area contributed by atoms with Gasteiger partial charge in [0.2, 0.25) is 0 Å². The average molecular weight is 409 g/mol. The largest absolute Gasteiger partial charge is 0.330 e. The van der Waals surface area contributed by atoms with E-state index < -0.39 is 9.84 Å². The van der Waals surface area contributed by atoms with Crippen molar-refractivity contribution in [3.63, 3.8) is 0 Å². The molecule has 3 rings (SSSR count). The average Bonchev–Trinajstić information content (AvgIpc) is 2.59. The van der Waals surface area contributed by atoms with E-state index in [1.54, 1.807) is 24.3 Å². The summed E-state index contributed by atoms with van der Waals surface area (Å²) in [7, 11) is -1.11. The van der Waals surface area contributed by atoms with Crippen molar-refractivity contribution in [1.29, 1.82) is 0 Å². The minimum atomic E-state index is -3.23. The molecule has 0 aliphatic heterocycles. The van der Waals surface area contributed by atoms with Crippen molar-refractivity contribution < 1.29 is 13.3 Å². The van der Waals surface area contributed by atoms with E-state index in [2.05, 4.69) is 47.2 Å². The van der Waals surface area contributed by atoms with Crippen LogP contribution in [-0.4, -0.2) is 27.8 Å². The maximum Gasteiger partial charge on any atom is 0.183 e. The lowest BCUT2D eigenvalue weighted by Gasteiger charge is -2.30. The molecule has 1 N–H and O–H groups in total. The van der Waals surface area contributed by atoms with Crippen LogP contribution in [0.5, 0.6) is 0 Å². The monoisotopic (exact) mass is 408 g/mol. The van der Waals surface area contributed by atoms with Crippen LogP contribution < -0.4 is 4.90 Å². The summed E-state index contributed by atoms with van der Waals surface area (Å²) < 4.78 is 26.0. The summed E-state index contributed by atoms with van der Waals surface area (Å²) in [6.07, 6.45) is 3.44. The molecule has 1 unspecified atom stereocenters. The van der Waals surface area contributed by atoms with Gasteiger partial charge in [-0.05, 0) is 42.7 Å². The van der Waals surface area contributed by atoms with E-state index in [0.717, 1.165) is 17.3 Å². The fourth-order valence-electron chi connectivity index (χ4n) is 3.50. The number of nitrogens with one attached hydrogen (secondary N) is 1. The van der Waals surface area contributed by atoms with E-state index in [1.165, 1.54) is 22.4 Å². The molecule has 2 aromatic carbocycles. The Morgan fingerprint density at radius 2 is 1.83 bits per heavy atom. The van der Waals surface area contributed by atoms with Crippen LogP contribution >= 0.6 is 15.9 Å². The van der Waals surface area contributed by atoms with Gasteiger partial charge in [-0.15, -0.1) is 0 Å². The van der Waals surface area contributed by atoms with Gasteiger partial charge in [0.1, 0.15) is 11.8 Å². The summed E-state index contributed by atoms with van der Waals surface area (Å²) >= 11 is 3.34. The molecule has 0 radical (unpaired) electrons. The van der Waals surface area contributed by atoms with Crippen LogP contribution in [-0.2, 0) is 16.3 Å². The van der Waals surface area contributed by atoms with Crippen LogP contribution in [0.25, 0.3) is 0 Å². The fraction of sp³-hybridized carbons (Fsp3) is 0.368. The first kappa shape index (κ1) is 17.6. The van der Waals surface area contributed by atoms with E-state index in [0.29, 0.717) is 17.5 Å². The second-order valence-corrected chi connectivity index (χ2v) is 9.54. The zero-order valence-corrected chi connectivity index (χ0v) is 16.2. The van der Waals surface area contributed by atoms with E-state index in [9.17, 15) is 8.42 Å². The molecule has 128 valence electrons. The zero-order chi connectivity index (χ0) is 17.2. The lowest BCUT2D eigenvalue weighted by Crippen LogP contribution is -3.10. The Labute approximate surface area is 152 Å². The SMILES string of the molecule is C[NH+](CCS(=O)(=O)c1ccc(Br)cc1)[C@@H]1CCCc2ccccc21. The Kier molecular flexibility index (Phi) is 5.42. The van der Waals surface area contributed by atoms with Gasteiger partial charge in [-0.25, -0.2) is 8.42 Å². The molecule has 1 aliphatic rings. The maximum atomic E-state index is 12.5. The quantitative estimate of drug-likeness (QED) is 0.825. The van der Waals surface area contributed by atoms with E-state index >= 15 is 0 Å². The molecule has 5 heteroatoms. The topological polar surface area (TPSA) is 38.6 Å². The Hall–Kier alpha value is -1.17. The highest BCUT2D eigenvalue weighted by Gasteiger charge is 2.27. The van der Waals surface area contributed by atoms with Crippen molar-refractivity contribution in [1.82, 2.24) is 0 Å². The van der Waals surface area contributed by atoms with Gasteiger partial charge >= 0.3 is 0 Å². The minimum Gasteiger partial charge on any atom is -0.330 e. The number of fused-ring (bicyclic) bond motifs is 1. The first-order valence-electron chi connectivity index (χ1n) is 8.36. The molecule has 0 heterocycles. The van der Waals surface area contributed by atoms with Crippen molar-refractivity contribution in [2.75, 3.05) is 19.3 Å². The van der Waals surface area contributed by atoms with Crippen molar-refractivity contribution >= 4 is 25.8 Å². The normalized spacial score (nSPS) is 18.8. The predicted octanol–water partition coefficient (Wildman–Crippen LogP) is 2.82. The number of halogens is 1. The molecule has 0 fully saturated rings. The molecule has 24 heavy (non-hydrogen) atoms. The molecule has 0 saturated carbocycles. The number of sulfone groups is 1. The van der Waals surface area contributed by atoms with Crippen LogP contribution in [0.3, 0.4) is 0 Å². The van der Waals surface area contributed by atoms with Crippen LogP contribution in [0.1, 0.15) is 30.0 Å². The molecule has 3 nitrogen and oxygen atoms in total. The Balaban J connectivity index is 1.70. The summed E-state index contributed by atoms with van der Waals surface area (Å²) in [6.45, 7) is 0.622. The number of benzene rings is 2. The Bertz CT molecular complexity index is 802. The van der Waals surface area contributed by atoms with Crippen molar-refractivity contribution in [2.24, 2.45) is 0 Å². The summed E-state index contributed by atoms with van der Waals surface area (Å²) in [4.78, 5) is 1.69. The summed E-state index contributed by atoms with van der Waals surface area (Å²) in [5.74, 6) is 0.180. The van der Waals surface area contributed by atoms with Crippen molar-refractivity contribution in [3.8, 4) is 0 Å². The van der Waals surface area contributed by atoms with Crippen LogP contribution in [0.4, 0.5) is 0 Å². The first-order chi connectivity index (χ1) is 11.5. The Morgan fingerprint density at radius 1 is 1.12 bits per heavy atom. The minimum absolute atomic E-state index is 0.180. The Morgan fingerprint density at radius 3 is 2.58 bits per heavy atom. The standard InChI is InChI=1S/C19H22BrNO2S/c1-21(19-8-4-6-15-5-2-3-7-18(15)19)13-14-24(22,23)17-11-9-16(20)10-12-17/h2-3,5,7,9-12,19H,4,6,8,13-14H2,1H3/p+1/t19-/m1/s1. The second-order valence-electron chi connectivity index (χ2n) is 6.51. The molecular weight excluding hydrogens is 386 g/mol. The summed E-state index contributed by atoms with van der Waals surface area (Å²) in [5.41, 5.74) is 2.81. The number of rotatable bonds is 5. The molecule has 2 atom stereocenters. The number of hydrogen-bond donors (Lipinski definition) is 1. The van der Waals surface area contributed by atoms with Gasteiger partial charge in [-0.2, -0.15) is 0 Å². The first-order valence-corrected chi connectivity index (χ1v) is 10.8. The van der Waals surface area contributed by atoms with E-state index in [1.807, 2.05) is 0 Å². The molecular formula is C19H23BrNO2S+. The van der Waals surface area contributed by atoms with Gasteiger partial charge in [0.15, 0.2) is 9.84 Å². The third kappa shape index (κ3) is 3.90. The molecule has 0 spiro atoms. The van der Waals surface area contributed by atoms with Gasteiger partial charge in [0, 0.05) is 16.5 Å². The van der Waals surface area contributed by atoms with Crippen LogP contribution in [0.2, 0.25) is 0 Å². The maximum absolute atomic E-state index is 12.5. The van der Waals surface area contributed by atoms with Crippen molar-refractivity contribution in [3.05, 3.63) is 64.1 Å². The highest BCUT2D eigenvalue weighted by atomic mass is 79.9. The molecule has 2 aromatic rings. The molecule has 0 amide bonds. The number of hydrogen-bond acceptors (Lipinski definition) is 2. The van der Waals surface area contributed by atoms with Gasteiger partial charge in [-0.1, -0.05) is 40.2 Å².